The van der Waals surface area contributed by atoms with E-state index in [1.807, 2.05) is 12.3 Å². The van der Waals surface area contributed by atoms with Crippen molar-refractivity contribution in [2.24, 2.45) is 5.73 Å². The van der Waals surface area contributed by atoms with Gasteiger partial charge in [0.25, 0.3) is 0 Å². The average Bonchev–Trinajstić information content (AvgIpc) is 2.18. The van der Waals surface area contributed by atoms with E-state index in [1.165, 1.54) is 4.90 Å². The molecule has 0 saturated heterocycles. The molecule has 1 aromatic heterocycles. The normalized spacial score (nSPS) is 12.8. The Morgan fingerprint density at radius 1 is 1.46 bits per heavy atom. The van der Waals surface area contributed by atoms with Crippen molar-refractivity contribution in [2.45, 2.75) is 31.2 Å². The van der Waals surface area contributed by atoms with Gasteiger partial charge < -0.3 is 5.73 Å². The number of hydrogen-bond donors (Lipinski definition) is 1. The van der Waals surface area contributed by atoms with E-state index in [-0.39, 0.29) is 6.04 Å². The van der Waals surface area contributed by atoms with Crippen LogP contribution in [0.15, 0.2) is 23.2 Å². The van der Waals surface area contributed by atoms with Crippen LogP contribution in [0.5, 0.6) is 0 Å². The molecule has 2 nitrogen and oxygen atoms in total. The molecular weight excluding hydrogens is 180 g/mol. The van der Waals surface area contributed by atoms with Gasteiger partial charge in [-0.1, -0.05) is 13.8 Å². The second kappa shape index (κ2) is 5.25. The van der Waals surface area contributed by atoms with Crippen molar-refractivity contribution >= 4 is 11.8 Å². The number of nitrogens with zero attached hydrogens (tertiary/aromatic N) is 1. The van der Waals surface area contributed by atoms with E-state index in [9.17, 15) is 0 Å². The maximum atomic E-state index is 5.85. The van der Waals surface area contributed by atoms with Crippen molar-refractivity contribution < 1.29 is 0 Å². The van der Waals surface area contributed by atoms with Crippen molar-refractivity contribution in [3.8, 4) is 0 Å². The lowest BCUT2D eigenvalue weighted by molar-refractivity contribution is 0.674. The largest absolute Gasteiger partial charge is 0.323 e. The molecule has 0 aliphatic heterocycles. The third-order valence-electron chi connectivity index (χ3n) is 1.89. The van der Waals surface area contributed by atoms with Gasteiger partial charge in [-0.25, -0.2) is 0 Å². The second-order valence-corrected chi connectivity index (χ2v) is 4.20. The zero-order chi connectivity index (χ0) is 9.68. The zero-order valence-electron chi connectivity index (χ0n) is 8.16. The Bertz CT molecular complexity index is 246. The van der Waals surface area contributed by atoms with Gasteiger partial charge in [0, 0.05) is 17.1 Å². The summed E-state index contributed by atoms with van der Waals surface area (Å²) in [4.78, 5) is 5.54. The molecule has 0 aromatic carbocycles. The van der Waals surface area contributed by atoms with Crippen LogP contribution in [0, 0.1) is 0 Å². The molecule has 3 heteroatoms. The van der Waals surface area contributed by atoms with Crippen LogP contribution in [-0.2, 0) is 0 Å². The highest BCUT2D eigenvalue weighted by atomic mass is 32.2. The van der Waals surface area contributed by atoms with Crippen molar-refractivity contribution in [2.75, 3.05) is 5.75 Å². The van der Waals surface area contributed by atoms with E-state index in [2.05, 4.69) is 24.9 Å². The molecule has 2 N–H and O–H groups in total. The Hall–Kier alpha value is -0.540. The third kappa shape index (κ3) is 3.01. The van der Waals surface area contributed by atoms with E-state index in [0.29, 0.717) is 0 Å². The van der Waals surface area contributed by atoms with Gasteiger partial charge in [-0.05, 0) is 24.3 Å². The van der Waals surface area contributed by atoms with Crippen LogP contribution in [-0.4, -0.2) is 10.7 Å². The van der Waals surface area contributed by atoms with Gasteiger partial charge in [0.05, 0.1) is 5.69 Å². The van der Waals surface area contributed by atoms with Crippen molar-refractivity contribution in [3.63, 3.8) is 0 Å². The monoisotopic (exact) mass is 196 g/mol. The number of rotatable bonds is 4. The summed E-state index contributed by atoms with van der Waals surface area (Å²) in [5, 5.41) is 0. The maximum absolute atomic E-state index is 5.85. The summed E-state index contributed by atoms with van der Waals surface area (Å²) in [7, 11) is 0. The summed E-state index contributed by atoms with van der Waals surface area (Å²) in [5.74, 6) is 1.08. The summed E-state index contributed by atoms with van der Waals surface area (Å²) in [6.45, 7) is 4.21. The Labute approximate surface area is 83.9 Å². The molecule has 0 radical (unpaired) electrons. The molecule has 1 aromatic rings. The average molecular weight is 196 g/mol. The number of pyridine rings is 1. The van der Waals surface area contributed by atoms with E-state index in [1.54, 1.807) is 11.8 Å². The number of hydrogen-bond acceptors (Lipinski definition) is 3. The highest BCUT2D eigenvalue weighted by molar-refractivity contribution is 7.99. The number of aromatic nitrogens is 1. The second-order valence-electron chi connectivity index (χ2n) is 2.87. The molecular formula is C10H16N2S. The molecule has 72 valence electrons. The summed E-state index contributed by atoms with van der Waals surface area (Å²) < 4.78 is 0. The fourth-order valence-corrected chi connectivity index (χ4v) is 1.70. The van der Waals surface area contributed by atoms with Crippen LogP contribution < -0.4 is 5.73 Å². The van der Waals surface area contributed by atoms with Crippen LogP contribution >= 0.6 is 11.8 Å². The summed E-state index contributed by atoms with van der Waals surface area (Å²) in [6.07, 6.45) is 2.84. The van der Waals surface area contributed by atoms with E-state index >= 15 is 0 Å². The van der Waals surface area contributed by atoms with Gasteiger partial charge in [-0.2, -0.15) is 0 Å². The molecule has 0 fully saturated rings. The highest BCUT2D eigenvalue weighted by Gasteiger charge is 2.03. The quantitative estimate of drug-likeness (QED) is 0.752. The summed E-state index contributed by atoms with van der Waals surface area (Å²) in [5.41, 5.74) is 6.84. The fourth-order valence-electron chi connectivity index (χ4n) is 1.07. The minimum atomic E-state index is 0.0840. The lowest BCUT2D eigenvalue weighted by Crippen LogP contribution is -2.10. The van der Waals surface area contributed by atoms with Crippen LogP contribution in [0.4, 0.5) is 0 Å². The van der Waals surface area contributed by atoms with Crippen LogP contribution in [0.3, 0.4) is 0 Å². The van der Waals surface area contributed by atoms with Gasteiger partial charge in [0.1, 0.15) is 0 Å². The Balaban J connectivity index is 2.69. The SMILES string of the molecule is CCSc1ccc([C@H](N)CC)nc1. The van der Waals surface area contributed by atoms with Crippen LogP contribution in [0.1, 0.15) is 32.0 Å². The Morgan fingerprint density at radius 3 is 2.69 bits per heavy atom. The number of thioether (sulfide) groups is 1. The first-order valence-corrected chi connectivity index (χ1v) is 5.60. The first-order chi connectivity index (χ1) is 6.27. The molecule has 0 saturated carbocycles. The van der Waals surface area contributed by atoms with E-state index < -0.39 is 0 Å². The first-order valence-electron chi connectivity index (χ1n) is 4.62. The zero-order valence-corrected chi connectivity index (χ0v) is 8.97. The van der Waals surface area contributed by atoms with Crippen LogP contribution in [0.25, 0.3) is 0 Å². The van der Waals surface area contributed by atoms with Gasteiger partial charge in [-0.3, -0.25) is 4.98 Å². The molecule has 0 spiro atoms. The van der Waals surface area contributed by atoms with Crippen molar-refractivity contribution in [3.05, 3.63) is 24.0 Å². The van der Waals surface area contributed by atoms with Gasteiger partial charge in [-0.15, -0.1) is 11.8 Å². The fraction of sp³-hybridized carbons (Fsp3) is 0.500. The molecule has 0 aliphatic rings. The summed E-state index contributed by atoms with van der Waals surface area (Å²) >= 11 is 1.80. The molecule has 1 rings (SSSR count). The Kier molecular flexibility index (Phi) is 4.25. The molecule has 0 aliphatic carbocycles. The lowest BCUT2D eigenvalue weighted by Gasteiger charge is -2.07. The topological polar surface area (TPSA) is 38.9 Å². The van der Waals surface area contributed by atoms with Crippen LogP contribution in [0.2, 0.25) is 0 Å². The summed E-state index contributed by atoms with van der Waals surface area (Å²) in [6, 6.07) is 4.19. The highest BCUT2D eigenvalue weighted by Crippen LogP contribution is 2.18. The molecule has 0 amide bonds. The van der Waals surface area contributed by atoms with Gasteiger partial charge >= 0.3 is 0 Å². The van der Waals surface area contributed by atoms with Crippen molar-refractivity contribution in [1.29, 1.82) is 0 Å². The first kappa shape index (κ1) is 10.5. The predicted molar refractivity (Wildman–Crippen MR) is 57.9 cm³/mol. The Morgan fingerprint density at radius 2 is 2.23 bits per heavy atom. The van der Waals surface area contributed by atoms with Gasteiger partial charge in [0.2, 0.25) is 0 Å². The minimum Gasteiger partial charge on any atom is -0.323 e. The van der Waals surface area contributed by atoms with E-state index in [0.717, 1.165) is 17.9 Å². The van der Waals surface area contributed by atoms with Gasteiger partial charge in [0.15, 0.2) is 0 Å². The smallest absolute Gasteiger partial charge is 0.0571 e. The van der Waals surface area contributed by atoms with E-state index in [4.69, 9.17) is 5.73 Å². The molecule has 0 unspecified atom stereocenters. The minimum absolute atomic E-state index is 0.0840. The maximum Gasteiger partial charge on any atom is 0.0571 e. The van der Waals surface area contributed by atoms with Crippen molar-refractivity contribution in [1.82, 2.24) is 4.98 Å². The lowest BCUT2D eigenvalue weighted by atomic mass is 10.1. The molecule has 0 bridgehead atoms. The standard InChI is InChI=1S/C10H16N2S/c1-3-9(11)10-6-5-8(7-12-10)13-4-2/h5-7,9H,3-4,11H2,1-2H3/t9-/m1/s1. The third-order valence-corrected chi connectivity index (χ3v) is 2.75. The molecule has 13 heavy (non-hydrogen) atoms. The molecule has 1 atom stereocenters. The molecule has 1 heterocycles. The number of nitrogens with two attached hydrogens (primary N) is 1. The predicted octanol–water partition coefficient (Wildman–Crippen LogP) is 2.60.